The largest absolute Gasteiger partial charge is 0.366 e. The maximum absolute atomic E-state index is 5.89. The van der Waals surface area contributed by atoms with Crippen molar-refractivity contribution in [3.05, 3.63) is 29.7 Å². The summed E-state index contributed by atoms with van der Waals surface area (Å²) >= 11 is 5.89. The fourth-order valence-corrected chi connectivity index (χ4v) is 1.29. The minimum atomic E-state index is 0.518. The molecule has 0 aliphatic rings. The molecule has 0 aliphatic heterocycles. The van der Waals surface area contributed by atoms with Crippen molar-refractivity contribution in [3.8, 4) is 0 Å². The van der Waals surface area contributed by atoms with E-state index < -0.39 is 0 Å². The van der Waals surface area contributed by atoms with E-state index in [2.05, 4.69) is 21.9 Å². The van der Waals surface area contributed by atoms with E-state index in [0.717, 1.165) is 17.8 Å². The van der Waals surface area contributed by atoms with E-state index in [-0.39, 0.29) is 0 Å². The van der Waals surface area contributed by atoms with Crippen LogP contribution in [0.15, 0.2) is 19.0 Å². The van der Waals surface area contributed by atoms with Crippen molar-refractivity contribution in [1.29, 1.82) is 0 Å². The van der Waals surface area contributed by atoms with Crippen LogP contribution in [0.1, 0.15) is 12.5 Å². The Morgan fingerprint density at radius 1 is 1.62 bits per heavy atom. The number of rotatable bonds is 4. The molecule has 13 heavy (non-hydrogen) atoms. The van der Waals surface area contributed by atoms with Gasteiger partial charge in [-0.1, -0.05) is 24.6 Å². The lowest BCUT2D eigenvalue weighted by atomic mass is 10.2. The highest BCUT2D eigenvalue weighted by atomic mass is 35.5. The van der Waals surface area contributed by atoms with E-state index in [1.54, 1.807) is 6.08 Å². The average molecular weight is 198 g/mol. The summed E-state index contributed by atoms with van der Waals surface area (Å²) in [6.07, 6.45) is 4.04. The highest BCUT2D eigenvalue weighted by molar-refractivity contribution is 6.30. The molecule has 0 saturated heterocycles. The van der Waals surface area contributed by atoms with E-state index in [0.29, 0.717) is 11.7 Å². The molecule has 0 bridgehead atoms. The van der Waals surface area contributed by atoms with Crippen molar-refractivity contribution in [1.82, 2.24) is 9.97 Å². The maximum Gasteiger partial charge on any atom is 0.137 e. The van der Waals surface area contributed by atoms with Crippen molar-refractivity contribution < 1.29 is 0 Å². The average Bonchev–Trinajstić information content (AvgIpc) is 2.15. The Kier molecular flexibility index (Phi) is 3.71. The van der Waals surface area contributed by atoms with Crippen LogP contribution < -0.4 is 5.32 Å². The van der Waals surface area contributed by atoms with Gasteiger partial charge in [0.2, 0.25) is 0 Å². The van der Waals surface area contributed by atoms with Gasteiger partial charge in [0.1, 0.15) is 17.3 Å². The molecule has 1 N–H and O–H groups in total. The molecular formula is C9H12ClN3. The Hall–Kier alpha value is -1.09. The zero-order valence-corrected chi connectivity index (χ0v) is 8.30. The van der Waals surface area contributed by atoms with E-state index in [1.807, 2.05) is 6.92 Å². The van der Waals surface area contributed by atoms with Crippen molar-refractivity contribution in [2.45, 2.75) is 13.3 Å². The molecule has 0 unspecified atom stereocenters. The maximum atomic E-state index is 5.89. The smallest absolute Gasteiger partial charge is 0.137 e. The number of aromatic nitrogens is 2. The second-order valence-corrected chi connectivity index (χ2v) is 2.87. The first-order valence-corrected chi connectivity index (χ1v) is 4.51. The summed E-state index contributed by atoms with van der Waals surface area (Å²) in [6, 6.07) is 0. The van der Waals surface area contributed by atoms with Gasteiger partial charge < -0.3 is 5.32 Å². The second kappa shape index (κ2) is 4.82. The number of hydrogen-bond donors (Lipinski definition) is 1. The normalized spacial score (nSPS) is 9.69. The minimum Gasteiger partial charge on any atom is -0.366 e. The predicted octanol–water partition coefficient (Wildman–Crippen LogP) is 2.29. The fraction of sp³-hybridized carbons (Fsp3) is 0.333. The van der Waals surface area contributed by atoms with Crippen LogP contribution in [0.25, 0.3) is 0 Å². The Labute approximate surface area is 82.9 Å². The number of anilines is 1. The number of nitrogens with one attached hydrogen (secondary N) is 1. The van der Waals surface area contributed by atoms with Crippen LogP contribution in [0.4, 0.5) is 5.82 Å². The van der Waals surface area contributed by atoms with Gasteiger partial charge in [-0.3, -0.25) is 0 Å². The number of hydrogen-bond acceptors (Lipinski definition) is 3. The lowest BCUT2D eigenvalue weighted by Gasteiger charge is -2.07. The molecule has 3 nitrogen and oxygen atoms in total. The van der Waals surface area contributed by atoms with Crippen LogP contribution in [-0.4, -0.2) is 16.5 Å². The molecule has 0 amide bonds. The van der Waals surface area contributed by atoms with Crippen molar-refractivity contribution in [2.24, 2.45) is 0 Å². The number of nitrogens with zero attached hydrogens (tertiary/aromatic N) is 2. The topological polar surface area (TPSA) is 37.8 Å². The molecule has 1 rings (SSSR count). The molecule has 0 aromatic carbocycles. The van der Waals surface area contributed by atoms with Crippen LogP contribution in [0, 0.1) is 0 Å². The molecule has 0 saturated carbocycles. The standard InChI is InChI=1S/C9H12ClN3/c1-3-5-11-9-7(4-2)8(10)12-6-13-9/h3,6H,1,4-5H2,2H3,(H,11,12,13). The van der Waals surface area contributed by atoms with Gasteiger partial charge in [0.25, 0.3) is 0 Å². The van der Waals surface area contributed by atoms with Gasteiger partial charge in [-0.15, -0.1) is 6.58 Å². The third-order valence-corrected chi connectivity index (χ3v) is 1.99. The third-order valence-electron chi connectivity index (χ3n) is 1.66. The summed E-state index contributed by atoms with van der Waals surface area (Å²) in [7, 11) is 0. The van der Waals surface area contributed by atoms with E-state index in [9.17, 15) is 0 Å². The molecule has 0 spiro atoms. The zero-order chi connectivity index (χ0) is 9.68. The molecule has 1 heterocycles. The Bertz CT molecular complexity index is 299. The molecule has 70 valence electrons. The van der Waals surface area contributed by atoms with Crippen LogP contribution >= 0.6 is 11.6 Å². The Morgan fingerprint density at radius 2 is 2.38 bits per heavy atom. The van der Waals surface area contributed by atoms with Crippen molar-refractivity contribution >= 4 is 17.4 Å². The van der Waals surface area contributed by atoms with Gasteiger partial charge >= 0.3 is 0 Å². The molecule has 1 aromatic rings. The van der Waals surface area contributed by atoms with Crippen LogP contribution in [0.5, 0.6) is 0 Å². The molecule has 4 heteroatoms. The first-order valence-electron chi connectivity index (χ1n) is 4.13. The molecule has 0 aliphatic carbocycles. The van der Waals surface area contributed by atoms with Crippen molar-refractivity contribution in [2.75, 3.05) is 11.9 Å². The summed E-state index contributed by atoms with van der Waals surface area (Å²) in [4.78, 5) is 8.00. The minimum absolute atomic E-state index is 0.518. The lowest BCUT2D eigenvalue weighted by molar-refractivity contribution is 1.04. The van der Waals surface area contributed by atoms with Crippen LogP contribution in [0.2, 0.25) is 5.15 Å². The quantitative estimate of drug-likeness (QED) is 0.595. The molecular weight excluding hydrogens is 186 g/mol. The highest BCUT2D eigenvalue weighted by Crippen LogP contribution is 2.19. The molecule has 0 fully saturated rings. The first-order chi connectivity index (χ1) is 6.29. The summed E-state index contributed by atoms with van der Waals surface area (Å²) in [5.74, 6) is 0.794. The van der Waals surface area contributed by atoms with Gasteiger partial charge in [0.05, 0.1) is 0 Å². The predicted molar refractivity (Wildman–Crippen MR) is 55.1 cm³/mol. The SMILES string of the molecule is C=CCNc1ncnc(Cl)c1CC. The van der Waals surface area contributed by atoms with Gasteiger partial charge in [0.15, 0.2) is 0 Å². The number of halogens is 1. The van der Waals surface area contributed by atoms with Crippen molar-refractivity contribution in [3.63, 3.8) is 0 Å². The Balaban J connectivity index is 2.91. The van der Waals surface area contributed by atoms with E-state index in [4.69, 9.17) is 11.6 Å². The lowest BCUT2D eigenvalue weighted by Crippen LogP contribution is -2.04. The summed E-state index contributed by atoms with van der Waals surface area (Å²) < 4.78 is 0. The fourth-order valence-electron chi connectivity index (χ4n) is 1.03. The first kappa shape index (κ1) is 9.99. The van der Waals surface area contributed by atoms with E-state index >= 15 is 0 Å². The zero-order valence-electron chi connectivity index (χ0n) is 7.55. The molecule has 0 radical (unpaired) electrons. The van der Waals surface area contributed by atoms with Gasteiger partial charge in [-0.25, -0.2) is 9.97 Å². The third kappa shape index (κ3) is 2.42. The van der Waals surface area contributed by atoms with Crippen LogP contribution in [-0.2, 0) is 6.42 Å². The van der Waals surface area contributed by atoms with Gasteiger partial charge in [-0.2, -0.15) is 0 Å². The monoisotopic (exact) mass is 197 g/mol. The summed E-state index contributed by atoms with van der Waals surface area (Å²) in [5, 5.41) is 3.62. The summed E-state index contributed by atoms with van der Waals surface area (Å²) in [5.41, 5.74) is 0.950. The van der Waals surface area contributed by atoms with Gasteiger partial charge in [0, 0.05) is 12.1 Å². The van der Waals surface area contributed by atoms with E-state index in [1.165, 1.54) is 6.33 Å². The summed E-state index contributed by atoms with van der Waals surface area (Å²) in [6.45, 7) is 6.31. The highest BCUT2D eigenvalue weighted by Gasteiger charge is 2.05. The Morgan fingerprint density at radius 3 is 3.00 bits per heavy atom. The molecule has 1 aromatic heterocycles. The van der Waals surface area contributed by atoms with Crippen LogP contribution in [0.3, 0.4) is 0 Å². The second-order valence-electron chi connectivity index (χ2n) is 2.51. The van der Waals surface area contributed by atoms with Gasteiger partial charge in [-0.05, 0) is 6.42 Å². The molecule has 0 atom stereocenters.